The van der Waals surface area contributed by atoms with E-state index in [0.717, 1.165) is 16.6 Å². The molecule has 0 unspecified atom stereocenters. The maximum Gasteiger partial charge on any atom is 0.203 e. The molecule has 0 amide bonds. The number of aliphatic hydroxyl groups excluding tert-OH is 1. The SMILES string of the molecule is N=c1n(Cc2ccccc2)c2ccccc2n1C[C@@H](O)c1ccc(Cl)c(Cl)c1. The molecule has 28 heavy (non-hydrogen) atoms. The van der Waals surface area contributed by atoms with Gasteiger partial charge in [-0.3, -0.25) is 5.41 Å². The minimum absolute atomic E-state index is 0.249. The number of nitrogens with one attached hydrogen (secondary N) is 1. The van der Waals surface area contributed by atoms with Crippen LogP contribution in [0.3, 0.4) is 0 Å². The van der Waals surface area contributed by atoms with Gasteiger partial charge < -0.3 is 14.2 Å². The molecule has 0 aliphatic rings. The van der Waals surface area contributed by atoms with Crippen LogP contribution >= 0.6 is 23.2 Å². The van der Waals surface area contributed by atoms with Gasteiger partial charge in [0.1, 0.15) is 0 Å². The van der Waals surface area contributed by atoms with E-state index in [1.165, 1.54) is 0 Å². The van der Waals surface area contributed by atoms with Crippen molar-refractivity contribution in [3.05, 3.63) is 99.6 Å². The van der Waals surface area contributed by atoms with Gasteiger partial charge in [-0.05, 0) is 35.4 Å². The van der Waals surface area contributed by atoms with Crippen molar-refractivity contribution in [2.24, 2.45) is 0 Å². The Bertz CT molecular complexity index is 1180. The molecule has 0 saturated carbocycles. The number of aliphatic hydroxyl groups is 1. The summed E-state index contributed by atoms with van der Waals surface area (Å²) in [6.07, 6.45) is -0.806. The summed E-state index contributed by atoms with van der Waals surface area (Å²) in [6, 6.07) is 23.0. The lowest BCUT2D eigenvalue weighted by Gasteiger charge is -2.13. The fourth-order valence-corrected chi connectivity index (χ4v) is 3.71. The molecule has 0 aliphatic carbocycles. The summed E-state index contributed by atoms with van der Waals surface area (Å²) in [6.45, 7) is 0.842. The zero-order chi connectivity index (χ0) is 19.7. The lowest BCUT2D eigenvalue weighted by molar-refractivity contribution is 0.156. The fourth-order valence-electron chi connectivity index (χ4n) is 3.40. The number of hydrogen-bond acceptors (Lipinski definition) is 2. The summed E-state index contributed by atoms with van der Waals surface area (Å²) in [5.41, 5.74) is 3.99. The summed E-state index contributed by atoms with van der Waals surface area (Å²) in [7, 11) is 0. The molecule has 0 radical (unpaired) electrons. The van der Waals surface area contributed by atoms with Gasteiger partial charge in [-0.2, -0.15) is 0 Å². The maximum absolute atomic E-state index is 10.8. The van der Waals surface area contributed by atoms with Crippen molar-refractivity contribution >= 4 is 34.2 Å². The van der Waals surface area contributed by atoms with Gasteiger partial charge >= 0.3 is 0 Å². The molecule has 0 aliphatic heterocycles. The van der Waals surface area contributed by atoms with Gasteiger partial charge in [-0.25, -0.2) is 0 Å². The van der Waals surface area contributed by atoms with Crippen LogP contribution in [0, 0.1) is 5.41 Å². The topological polar surface area (TPSA) is 53.9 Å². The minimum atomic E-state index is -0.806. The summed E-state index contributed by atoms with van der Waals surface area (Å²) < 4.78 is 3.78. The highest BCUT2D eigenvalue weighted by Gasteiger charge is 2.16. The molecule has 1 atom stereocenters. The van der Waals surface area contributed by atoms with E-state index in [2.05, 4.69) is 0 Å². The fraction of sp³-hybridized carbons (Fsp3) is 0.136. The van der Waals surface area contributed by atoms with Gasteiger partial charge in [0, 0.05) is 0 Å². The van der Waals surface area contributed by atoms with Crippen LogP contribution in [0.15, 0.2) is 72.8 Å². The zero-order valence-corrected chi connectivity index (χ0v) is 16.5. The first-order valence-corrected chi connectivity index (χ1v) is 9.70. The van der Waals surface area contributed by atoms with Gasteiger partial charge in [-0.1, -0.05) is 71.7 Å². The van der Waals surface area contributed by atoms with Crippen LogP contribution in [0.2, 0.25) is 10.0 Å². The van der Waals surface area contributed by atoms with Crippen LogP contribution < -0.4 is 5.62 Å². The number of nitrogens with zero attached hydrogens (tertiary/aromatic N) is 2. The summed E-state index contributed by atoms with van der Waals surface area (Å²) in [4.78, 5) is 0. The second-order valence-corrected chi connectivity index (χ2v) is 7.50. The monoisotopic (exact) mass is 411 g/mol. The van der Waals surface area contributed by atoms with E-state index < -0.39 is 6.10 Å². The van der Waals surface area contributed by atoms with Gasteiger partial charge in [0.25, 0.3) is 0 Å². The van der Waals surface area contributed by atoms with E-state index in [9.17, 15) is 5.11 Å². The van der Waals surface area contributed by atoms with E-state index >= 15 is 0 Å². The molecular weight excluding hydrogens is 393 g/mol. The Kier molecular flexibility index (Phi) is 5.27. The van der Waals surface area contributed by atoms with E-state index in [4.69, 9.17) is 28.6 Å². The largest absolute Gasteiger partial charge is 0.387 e. The molecular formula is C22H19Cl2N3O. The molecule has 1 heterocycles. The summed E-state index contributed by atoms with van der Waals surface area (Å²) in [5, 5.41) is 20.3. The van der Waals surface area contributed by atoms with Crippen molar-refractivity contribution in [2.45, 2.75) is 19.2 Å². The van der Waals surface area contributed by atoms with Crippen LogP contribution in [0.5, 0.6) is 0 Å². The van der Waals surface area contributed by atoms with E-state index in [-0.39, 0.29) is 6.54 Å². The Morgan fingerprint density at radius 3 is 2.14 bits per heavy atom. The molecule has 0 bridgehead atoms. The van der Waals surface area contributed by atoms with E-state index in [1.807, 2.05) is 63.7 Å². The molecule has 0 saturated heterocycles. The smallest absolute Gasteiger partial charge is 0.203 e. The third kappa shape index (κ3) is 3.59. The molecule has 4 aromatic rings. The van der Waals surface area contributed by atoms with Crippen LogP contribution in [-0.4, -0.2) is 14.2 Å². The van der Waals surface area contributed by atoms with E-state index in [0.29, 0.717) is 27.8 Å². The number of imidazole rings is 1. The number of hydrogen-bond donors (Lipinski definition) is 2. The number of halogens is 2. The molecule has 1 aromatic heterocycles. The second-order valence-electron chi connectivity index (χ2n) is 6.68. The first-order valence-electron chi connectivity index (χ1n) is 8.94. The molecule has 0 spiro atoms. The normalized spacial score (nSPS) is 12.4. The predicted octanol–water partition coefficient (Wildman–Crippen LogP) is 5.01. The second kappa shape index (κ2) is 7.84. The van der Waals surface area contributed by atoms with Crippen molar-refractivity contribution < 1.29 is 5.11 Å². The maximum atomic E-state index is 10.8. The van der Waals surface area contributed by atoms with Crippen LogP contribution in [0.25, 0.3) is 11.0 Å². The van der Waals surface area contributed by atoms with Crippen LogP contribution in [0.1, 0.15) is 17.2 Å². The first kappa shape index (κ1) is 18.8. The average molecular weight is 412 g/mol. The van der Waals surface area contributed by atoms with Crippen molar-refractivity contribution in [2.75, 3.05) is 0 Å². The molecule has 2 N–H and O–H groups in total. The van der Waals surface area contributed by atoms with Gasteiger partial charge in [0.05, 0.1) is 40.3 Å². The highest BCUT2D eigenvalue weighted by molar-refractivity contribution is 6.42. The molecule has 0 fully saturated rings. The summed E-state index contributed by atoms with van der Waals surface area (Å²) in [5.74, 6) is 0. The third-order valence-corrected chi connectivity index (χ3v) is 5.58. The lowest BCUT2D eigenvalue weighted by Crippen LogP contribution is -2.27. The van der Waals surface area contributed by atoms with Crippen LogP contribution in [-0.2, 0) is 13.1 Å². The van der Waals surface area contributed by atoms with Crippen molar-refractivity contribution in [1.29, 1.82) is 5.41 Å². The number of fused-ring (bicyclic) bond motifs is 1. The third-order valence-electron chi connectivity index (χ3n) is 4.84. The van der Waals surface area contributed by atoms with E-state index in [1.54, 1.807) is 18.2 Å². The standard InChI is InChI=1S/C22H19Cl2N3O/c23-17-11-10-16(12-18(17)24)21(28)14-27-20-9-5-4-8-19(20)26(22(27)25)13-15-6-2-1-3-7-15/h1-12,21,25,28H,13-14H2/t21-/m1/s1. The predicted molar refractivity (Wildman–Crippen MR) is 113 cm³/mol. The average Bonchev–Trinajstić information content (AvgIpc) is 2.97. The van der Waals surface area contributed by atoms with Gasteiger partial charge in [-0.15, -0.1) is 0 Å². The molecule has 6 heteroatoms. The Balaban J connectivity index is 1.74. The molecule has 142 valence electrons. The number of aromatic nitrogens is 2. The Hall–Kier alpha value is -2.53. The Labute approximate surface area is 172 Å². The highest BCUT2D eigenvalue weighted by Crippen LogP contribution is 2.27. The van der Waals surface area contributed by atoms with Crippen LogP contribution in [0.4, 0.5) is 0 Å². The lowest BCUT2D eigenvalue weighted by atomic mass is 10.1. The Morgan fingerprint density at radius 1 is 0.821 bits per heavy atom. The van der Waals surface area contributed by atoms with Gasteiger partial charge in [0.15, 0.2) is 0 Å². The quantitative estimate of drug-likeness (QED) is 0.476. The number of rotatable bonds is 5. The molecule has 4 rings (SSSR count). The first-order chi connectivity index (χ1) is 13.5. The Morgan fingerprint density at radius 2 is 1.46 bits per heavy atom. The molecule has 4 nitrogen and oxygen atoms in total. The number of para-hydroxylation sites is 2. The zero-order valence-electron chi connectivity index (χ0n) is 15.0. The highest BCUT2D eigenvalue weighted by atomic mass is 35.5. The van der Waals surface area contributed by atoms with Crippen molar-refractivity contribution in [3.63, 3.8) is 0 Å². The van der Waals surface area contributed by atoms with Crippen molar-refractivity contribution in [1.82, 2.24) is 9.13 Å². The minimum Gasteiger partial charge on any atom is -0.387 e. The summed E-state index contributed by atoms with van der Waals surface area (Å²) >= 11 is 12.1. The van der Waals surface area contributed by atoms with Gasteiger partial charge in [0.2, 0.25) is 5.62 Å². The molecule has 3 aromatic carbocycles. The van der Waals surface area contributed by atoms with Crippen molar-refractivity contribution in [3.8, 4) is 0 Å². The number of benzene rings is 3.